The van der Waals surface area contributed by atoms with E-state index in [0.29, 0.717) is 11.6 Å². The van der Waals surface area contributed by atoms with Crippen molar-refractivity contribution in [3.05, 3.63) is 29.3 Å². The summed E-state index contributed by atoms with van der Waals surface area (Å²) < 4.78 is 0. The number of aromatic nitrogens is 4. The molecule has 0 radical (unpaired) electrons. The van der Waals surface area contributed by atoms with Crippen molar-refractivity contribution in [3.8, 4) is 11.4 Å². The predicted molar refractivity (Wildman–Crippen MR) is 75.6 cm³/mol. The molecule has 5 nitrogen and oxygen atoms in total. The molecule has 0 atom stereocenters. The summed E-state index contributed by atoms with van der Waals surface area (Å²) in [4.78, 5) is 17.3. The van der Waals surface area contributed by atoms with Crippen LogP contribution in [0.4, 0.5) is 5.95 Å². The van der Waals surface area contributed by atoms with E-state index in [1.54, 1.807) is 0 Å². The maximum atomic E-state index is 5.79. The lowest BCUT2D eigenvalue weighted by atomic mass is 9.96. The zero-order chi connectivity index (χ0) is 14.2. The van der Waals surface area contributed by atoms with E-state index in [9.17, 15) is 0 Å². The maximum Gasteiger partial charge on any atom is 0.223 e. The Kier molecular flexibility index (Phi) is 3.22. The van der Waals surface area contributed by atoms with Crippen molar-refractivity contribution in [2.45, 2.75) is 40.0 Å². The fraction of sp³-hybridized carbons (Fsp3) is 0.429. The van der Waals surface area contributed by atoms with Crippen LogP contribution in [0.1, 0.15) is 38.0 Å². The number of hydrogen-bond donors (Lipinski definition) is 1. The van der Waals surface area contributed by atoms with Gasteiger partial charge in [0.25, 0.3) is 0 Å². The topological polar surface area (TPSA) is 77.6 Å². The van der Waals surface area contributed by atoms with Gasteiger partial charge in [-0.15, -0.1) is 0 Å². The number of aryl methyl sites for hydroxylation is 2. The molecular formula is C14H19N5. The van der Waals surface area contributed by atoms with Crippen molar-refractivity contribution >= 4 is 5.95 Å². The van der Waals surface area contributed by atoms with Gasteiger partial charge in [-0.2, -0.15) is 9.97 Å². The van der Waals surface area contributed by atoms with Gasteiger partial charge in [0.05, 0.1) is 0 Å². The zero-order valence-electron chi connectivity index (χ0n) is 12.0. The Morgan fingerprint density at radius 1 is 0.895 bits per heavy atom. The Morgan fingerprint density at radius 2 is 1.47 bits per heavy atom. The van der Waals surface area contributed by atoms with Crippen molar-refractivity contribution in [2.75, 3.05) is 5.73 Å². The van der Waals surface area contributed by atoms with Gasteiger partial charge in [-0.1, -0.05) is 20.8 Å². The first kappa shape index (κ1) is 13.4. The van der Waals surface area contributed by atoms with Gasteiger partial charge in [-0.25, -0.2) is 4.98 Å². The predicted octanol–water partition coefficient (Wildman–Crippen LogP) is 2.43. The monoisotopic (exact) mass is 257 g/mol. The van der Waals surface area contributed by atoms with Crippen LogP contribution in [-0.2, 0) is 5.41 Å². The van der Waals surface area contributed by atoms with Gasteiger partial charge in [0.2, 0.25) is 5.95 Å². The number of nitrogens with zero attached hydrogens (tertiary/aromatic N) is 4. The summed E-state index contributed by atoms with van der Waals surface area (Å²) in [6.45, 7) is 10.1. The molecule has 0 aliphatic carbocycles. The first-order chi connectivity index (χ1) is 8.75. The van der Waals surface area contributed by atoms with Crippen LogP contribution >= 0.6 is 0 Å². The zero-order valence-corrected chi connectivity index (χ0v) is 12.0. The van der Waals surface area contributed by atoms with Gasteiger partial charge >= 0.3 is 0 Å². The van der Waals surface area contributed by atoms with Crippen LogP contribution in [0.25, 0.3) is 11.4 Å². The highest BCUT2D eigenvalue weighted by molar-refractivity contribution is 5.57. The Hall–Kier alpha value is -2.04. The normalized spacial score (nSPS) is 11.6. The third-order valence-corrected chi connectivity index (χ3v) is 2.66. The standard InChI is InChI=1S/C14H19N5/c1-8-6-10(7-9(2)16-8)11-17-12(14(3,4)5)19-13(15)18-11/h6-7H,1-5H3,(H2,15,17,18,19). The summed E-state index contributed by atoms with van der Waals surface area (Å²) in [6.07, 6.45) is 0. The molecule has 0 aliphatic rings. The average molecular weight is 257 g/mol. The molecule has 19 heavy (non-hydrogen) atoms. The largest absolute Gasteiger partial charge is 0.368 e. The van der Waals surface area contributed by atoms with Gasteiger partial charge in [-0.05, 0) is 26.0 Å². The lowest BCUT2D eigenvalue weighted by Gasteiger charge is -2.17. The number of pyridine rings is 1. The highest BCUT2D eigenvalue weighted by atomic mass is 15.1. The first-order valence-electron chi connectivity index (χ1n) is 6.23. The molecule has 100 valence electrons. The first-order valence-corrected chi connectivity index (χ1v) is 6.23. The summed E-state index contributed by atoms with van der Waals surface area (Å²) in [5, 5.41) is 0. The van der Waals surface area contributed by atoms with E-state index in [4.69, 9.17) is 5.73 Å². The average Bonchev–Trinajstić information content (AvgIpc) is 2.25. The number of nitrogens with two attached hydrogens (primary N) is 1. The maximum absolute atomic E-state index is 5.79. The summed E-state index contributed by atoms with van der Waals surface area (Å²) in [5.41, 5.74) is 8.42. The molecule has 2 heterocycles. The van der Waals surface area contributed by atoms with Crippen molar-refractivity contribution in [3.63, 3.8) is 0 Å². The molecule has 2 aromatic heterocycles. The number of rotatable bonds is 1. The van der Waals surface area contributed by atoms with Gasteiger partial charge < -0.3 is 5.73 Å². The second-order valence-electron chi connectivity index (χ2n) is 5.73. The van der Waals surface area contributed by atoms with Crippen LogP contribution < -0.4 is 5.73 Å². The van der Waals surface area contributed by atoms with Gasteiger partial charge in [-0.3, -0.25) is 4.98 Å². The molecule has 5 heteroatoms. The van der Waals surface area contributed by atoms with Crippen molar-refractivity contribution in [1.82, 2.24) is 19.9 Å². The third-order valence-electron chi connectivity index (χ3n) is 2.66. The second kappa shape index (κ2) is 4.57. The van der Waals surface area contributed by atoms with Gasteiger partial charge in [0.15, 0.2) is 5.82 Å². The SMILES string of the molecule is Cc1cc(-c2nc(N)nc(C(C)(C)C)n2)cc(C)n1. The van der Waals surface area contributed by atoms with Crippen LogP contribution in [0.3, 0.4) is 0 Å². The quantitative estimate of drug-likeness (QED) is 0.849. The highest BCUT2D eigenvalue weighted by Gasteiger charge is 2.19. The molecule has 2 aromatic rings. The van der Waals surface area contributed by atoms with E-state index in [1.165, 1.54) is 0 Å². The summed E-state index contributed by atoms with van der Waals surface area (Å²) in [6, 6.07) is 3.91. The van der Waals surface area contributed by atoms with E-state index in [-0.39, 0.29) is 11.4 Å². The third kappa shape index (κ3) is 3.05. The molecule has 0 saturated carbocycles. The van der Waals surface area contributed by atoms with Crippen LogP contribution in [0.2, 0.25) is 0 Å². The molecule has 2 rings (SSSR count). The molecule has 0 unspecified atom stereocenters. The number of nitrogen functional groups attached to an aromatic ring is 1. The van der Waals surface area contributed by atoms with Crippen molar-refractivity contribution in [1.29, 1.82) is 0 Å². The van der Waals surface area contributed by atoms with Crippen molar-refractivity contribution < 1.29 is 0 Å². The molecule has 0 bridgehead atoms. The van der Waals surface area contributed by atoms with E-state index in [0.717, 1.165) is 17.0 Å². The highest BCUT2D eigenvalue weighted by Crippen LogP contribution is 2.23. The Labute approximate surface area is 113 Å². The smallest absolute Gasteiger partial charge is 0.223 e. The molecule has 0 aliphatic heterocycles. The van der Waals surface area contributed by atoms with Crippen LogP contribution in [0.5, 0.6) is 0 Å². The van der Waals surface area contributed by atoms with Gasteiger partial charge in [0, 0.05) is 22.4 Å². The number of anilines is 1. The fourth-order valence-electron chi connectivity index (χ4n) is 1.82. The van der Waals surface area contributed by atoms with Crippen LogP contribution in [0, 0.1) is 13.8 Å². The Balaban J connectivity index is 2.59. The lowest BCUT2D eigenvalue weighted by molar-refractivity contribution is 0.544. The minimum Gasteiger partial charge on any atom is -0.368 e. The fourth-order valence-corrected chi connectivity index (χ4v) is 1.82. The van der Waals surface area contributed by atoms with Crippen LogP contribution in [-0.4, -0.2) is 19.9 Å². The van der Waals surface area contributed by atoms with E-state index in [1.807, 2.05) is 26.0 Å². The molecule has 2 N–H and O–H groups in total. The van der Waals surface area contributed by atoms with Crippen molar-refractivity contribution in [2.24, 2.45) is 0 Å². The van der Waals surface area contributed by atoms with E-state index in [2.05, 4.69) is 40.7 Å². The summed E-state index contributed by atoms with van der Waals surface area (Å²) >= 11 is 0. The van der Waals surface area contributed by atoms with E-state index < -0.39 is 0 Å². The molecule has 0 amide bonds. The minimum absolute atomic E-state index is 0.164. The van der Waals surface area contributed by atoms with Crippen LogP contribution in [0.15, 0.2) is 12.1 Å². The Bertz CT molecular complexity index is 593. The molecule has 0 spiro atoms. The van der Waals surface area contributed by atoms with Gasteiger partial charge in [0.1, 0.15) is 5.82 Å². The second-order valence-corrected chi connectivity index (χ2v) is 5.73. The number of hydrogen-bond acceptors (Lipinski definition) is 5. The molecule has 0 saturated heterocycles. The molecular weight excluding hydrogens is 238 g/mol. The summed E-state index contributed by atoms with van der Waals surface area (Å²) in [5.74, 6) is 1.55. The molecule has 0 fully saturated rings. The minimum atomic E-state index is -0.164. The molecule has 0 aromatic carbocycles. The summed E-state index contributed by atoms with van der Waals surface area (Å²) in [7, 11) is 0. The Morgan fingerprint density at radius 3 is 2.00 bits per heavy atom. The lowest BCUT2D eigenvalue weighted by Crippen LogP contribution is -2.18. The van der Waals surface area contributed by atoms with E-state index >= 15 is 0 Å².